The topological polar surface area (TPSA) is 95.0 Å². The minimum Gasteiger partial charge on any atom is -0.376 e. The number of rotatable bonds is 4. The van der Waals surface area contributed by atoms with E-state index in [1.54, 1.807) is 13.3 Å². The van der Waals surface area contributed by atoms with Crippen molar-refractivity contribution in [1.29, 1.82) is 0 Å². The molecule has 0 saturated carbocycles. The minimum atomic E-state index is -0.525. The van der Waals surface area contributed by atoms with Gasteiger partial charge in [-0.15, -0.1) is 0 Å². The molecular weight excluding hydrogens is 322 g/mol. The fraction of sp³-hybridized carbons (Fsp3) is 0.706. The van der Waals surface area contributed by atoms with Gasteiger partial charge in [-0.05, 0) is 13.3 Å². The molecule has 2 fully saturated rings. The molecule has 3 heterocycles. The van der Waals surface area contributed by atoms with Crippen molar-refractivity contribution >= 4 is 11.7 Å². The number of nitrogens with two attached hydrogens (primary N) is 1. The minimum absolute atomic E-state index is 0.0965. The van der Waals surface area contributed by atoms with Crippen molar-refractivity contribution in [3.63, 3.8) is 0 Å². The molecule has 2 aliphatic rings. The zero-order valence-corrected chi connectivity index (χ0v) is 15.3. The highest BCUT2D eigenvalue weighted by molar-refractivity contribution is 5.86. The molecule has 0 aromatic carbocycles. The molecule has 2 N–H and O–H groups in total. The molecule has 25 heavy (non-hydrogen) atoms. The molecule has 2 saturated heterocycles. The number of hydrogen-bond donors (Lipinski definition) is 1. The van der Waals surface area contributed by atoms with Gasteiger partial charge in [-0.25, -0.2) is 9.79 Å². The van der Waals surface area contributed by atoms with Gasteiger partial charge in [0.2, 0.25) is 0 Å². The van der Waals surface area contributed by atoms with Gasteiger partial charge in [0.15, 0.2) is 12.0 Å². The van der Waals surface area contributed by atoms with E-state index < -0.39 is 6.23 Å². The van der Waals surface area contributed by atoms with Crippen LogP contribution in [0.3, 0.4) is 0 Å². The maximum atomic E-state index is 12.6. The number of ether oxygens (including phenoxy) is 2. The van der Waals surface area contributed by atoms with Crippen molar-refractivity contribution in [2.75, 3.05) is 27.2 Å². The Bertz CT molecular complexity index is 717. The SMILES string of the molecule is CO[C@H]1[C@H](C)C(CN)O[C@@H]1n1cc(C)c(N=C2CCCN2C)nc1=O. The zero-order valence-electron chi connectivity index (χ0n) is 15.3. The van der Waals surface area contributed by atoms with Crippen LogP contribution in [0.4, 0.5) is 5.82 Å². The van der Waals surface area contributed by atoms with E-state index in [2.05, 4.69) is 14.9 Å². The first kappa shape index (κ1) is 18.0. The van der Waals surface area contributed by atoms with Crippen LogP contribution in [-0.2, 0) is 9.47 Å². The Kier molecular flexibility index (Phi) is 5.21. The molecule has 1 unspecified atom stereocenters. The average Bonchev–Trinajstić information content (AvgIpc) is 3.13. The molecule has 0 aliphatic carbocycles. The van der Waals surface area contributed by atoms with E-state index in [0.29, 0.717) is 12.4 Å². The van der Waals surface area contributed by atoms with Crippen LogP contribution in [0.25, 0.3) is 0 Å². The lowest BCUT2D eigenvalue weighted by atomic mass is 10.0. The third kappa shape index (κ3) is 3.33. The number of amidine groups is 1. The van der Waals surface area contributed by atoms with Crippen molar-refractivity contribution in [1.82, 2.24) is 14.5 Å². The van der Waals surface area contributed by atoms with Crippen molar-refractivity contribution in [3.05, 3.63) is 22.2 Å². The van der Waals surface area contributed by atoms with E-state index in [1.807, 2.05) is 20.9 Å². The molecular formula is C17H27N5O3. The maximum Gasteiger partial charge on any atom is 0.351 e. The van der Waals surface area contributed by atoms with Crippen molar-refractivity contribution in [2.24, 2.45) is 16.6 Å². The Balaban J connectivity index is 1.94. The van der Waals surface area contributed by atoms with Gasteiger partial charge in [0.25, 0.3) is 0 Å². The molecule has 0 radical (unpaired) electrons. The van der Waals surface area contributed by atoms with Gasteiger partial charge < -0.3 is 20.1 Å². The van der Waals surface area contributed by atoms with E-state index >= 15 is 0 Å². The molecule has 0 amide bonds. The van der Waals surface area contributed by atoms with Crippen LogP contribution < -0.4 is 11.4 Å². The Morgan fingerprint density at radius 1 is 1.52 bits per heavy atom. The number of methoxy groups -OCH3 is 1. The lowest BCUT2D eigenvalue weighted by Gasteiger charge is -2.21. The van der Waals surface area contributed by atoms with Gasteiger partial charge in [0, 0.05) is 51.3 Å². The normalized spacial score (nSPS) is 31.2. The zero-order chi connectivity index (χ0) is 18.1. The van der Waals surface area contributed by atoms with Crippen molar-refractivity contribution < 1.29 is 9.47 Å². The van der Waals surface area contributed by atoms with Crippen LogP contribution in [0.1, 0.15) is 31.6 Å². The molecule has 0 bridgehead atoms. The van der Waals surface area contributed by atoms with Crippen LogP contribution >= 0.6 is 0 Å². The lowest BCUT2D eigenvalue weighted by Crippen LogP contribution is -2.34. The molecule has 1 aromatic rings. The Morgan fingerprint density at radius 3 is 2.88 bits per heavy atom. The maximum absolute atomic E-state index is 12.6. The van der Waals surface area contributed by atoms with Crippen LogP contribution in [0.5, 0.6) is 0 Å². The summed E-state index contributed by atoms with van der Waals surface area (Å²) in [5.74, 6) is 1.54. The summed E-state index contributed by atoms with van der Waals surface area (Å²) < 4.78 is 13.0. The number of aromatic nitrogens is 2. The third-order valence-corrected chi connectivity index (χ3v) is 5.16. The number of nitrogens with zero attached hydrogens (tertiary/aromatic N) is 4. The number of aliphatic imine (C=N–C) groups is 1. The highest BCUT2D eigenvalue weighted by atomic mass is 16.6. The fourth-order valence-electron chi connectivity index (χ4n) is 3.59. The lowest BCUT2D eigenvalue weighted by molar-refractivity contribution is -0.0506. The fourth-order valence-corrected chi connectivity index (χ4v) is 3.59. The molecule has 8 heteroatoms. The molecule has 2 aliphatic heterocycles. The number of likely N-dealkylation sites (tertiary alicyclic amines) is 1. The van der Waals surface area contributed by atoms with Crippen LogP contribution in [0.2, 0.25) is 0 Å². The summed E-state index contributed by atoms with van der Waals surface area (Å²) in [6, 6.07) is 0. The van der Waals surface area contributed by atoms with Gasteiger partial charge in [0.1, 0.15) is 11.9 Å². The molecule has 4 atom stereocenters. The largest absolute Gasteiger partial charge is 0.376 e. The van der Waals surface area contributed by atoms with Crippen LogP contribution in [0.15, 0.2) is 16.0 Å². The van der Waals surface area contributed by atoms with Crippen LogP contribution in [-0.4, -0.2) is 59.7 Å². The summed E-state index contributed by atoms with van der Waals surface area (Å²) in [5, 5.41) is 0. The van der Waals surface area contributed by atoms with E-state index in [4.69, 9.17) is 15.2 Å². The van der Waals surface area contributed by atoms with E-state index in [-0.39, 0.29) is 23.8 Å². The monoisotopic (exact) mass is 349 g/mol. The quantitative estimate of drug-likeness (QED) is 0.864. The van der Waals surface area contributed by atoms with Gasteiger partial charge in [-0.1, -0.05) is 6.92 Å². The predicted octanol–water partition coefficient (Wildman–Crippen LogP) is 0.815. The molecule has 138 valence electrons. The Morgan fingerprint density at radius 2 is 2.28 bits per heavy atom. The van der Waals surface area contributed by atoms with E-state index in [9.17, 15) is 4.79 Å². The van der Waals surface area contributed by atoms with Gasteiger partial charge in [0.05, 0.1) is 6.10 Å². The first-order valence-corrected chi connectivity index (χ1v) is 8.73. The first-order chi connectivity index (χ1) is 12.0. The Hall–Kier alpha value is -1.77. The number of aryl methyl sites for hydroxylation is 1. The summed E-state index contributed by atoms with van der Waals surface area (Å²) >= 11 is 0. The first-order valence-electron chi connectivity index (χ1n) is 8.73. The standard InChI is InChI=1S/C17H27N5O3/c1-10-9-22(16-14(24-4)11(2)12(8-18)25-16)17(23)20-15(10)19-13-6-5-7-21(13)3/h9,11-12,14,16H,5-8,18H2,1-4H3/t11-,12?,14+,16+/m1/s1. The summed E-state index contributed by atoms with van der Waals surface area (Å²) in [7, 11) is 3.63. The van der Waals surface area contributed by atoms with Gasteiger partial charge in [-0.2, -0.15) is 4.98 Å². The highest BCUT2D eigenvalue weighted by Crippen LogP contribution is 2.34. The summed E-state index contributed by atoms with van der Waals surface area (Å²) in [6.07, 6.45) is 2.83. The van der Waals surface area contributed by atoms with Crippen molar-refractivity contribution in [2.45, 2.75) is 45.1 Å². The third-order valence-electron chi connectivity index (χ3n) is 5.16. The predicted molar refractivity (Wildman–Crippen MR) is 95.1 cm³/mol. The van der Waals surface area contributed by atoms with Gasteiger partial charge in [-0.3, -0.25) is 4.57 Å². The summed E-state index contributed by atoms with van der Waals surface area (Å²) in [6.45, 7) is 5.29. The number of hydrogen-bond acceptors (Lipinski definition) is 6. The van der Waals surface area contributed by atoms with E-state index in [0.717, 1.165) is 30.8 Å². The second kappa shape index (κ2) is 7.23. The summed E-state index contributed by atoms with van der Waals surface area (Å²) in [5.41, 5.74) is 6.21. The smallest absolute Gasteiger partial charge is 0.351 e. The van der Waals surface area contributed by atoms with Crippen LogP contribution in [0, 0.1) is 12.8 Å². The average molecular weight is 349 g/mol. The highest BCUT2D eigenvalue weighted by Gasteiger charge is 2.43. The molecule has 0 spiro atoms. The van der Waals surface area contributed by atoms with Gasteiger partial charge >= 0.3 is 5.69 Å². The second-order valence-corrected chi connectivity index (χ2v) is 6.85. The second-order valence-electron chi connectivity index (χ2n) is 6.85. The molecule has 3 rings (SSSR count). The molecule has 8 nitrogen and oxygen atoms in total. The molecule has 1 aromatic heterocycles. The van der Waals surface area contributed by atoms with Crippen molar-refractivity contribution in [3.8, 4) is 0 Å². The Labute approximate surface area is 147 Å². The van der Waals surface area contributed by atoms with E-state index in [1.165, 1.54) is 4.57 Å². The summed E-state index contributed by atoms with van der Waals surface area (Å²) in [4.78, 5) is 23.5.